The van der Waals surface area contributed by atoms with E-state index in [2.05, 4.69) is 0 Å². The van der Waals surface area contributed by atoms with Crippen molar-refractivity contribution >= 4 is 34.8 Å². The fourth-order valence-electron chi connectivity index (χ4n) is 1.59. The minimum atomic E-state index is -2.25. The first-order valence-electron chi connectivity index (χ1n) is 5.51. The van der Waals surface area contributed by atoms with E-state index in [0.29, 0.717) is 0 Å². The summed E-state index contributed by atoms with van der Waals surface area (Å²) < 4.78 is 70.9. The van der Waals surface area contributed by atoms with Crippen LogP contribution in [0.25, 0.3) is 0 Å². The van der Waals surface area contributed by atoms with Gasteiger partial charge in [0.15, 0.2) is 29.0 Å². The normalized spacial score (nSPS) is 10.9. The quantitative estimate of drug-likeness (QED) is 0.366. The average Bonchev–Trinajstić information content (AvgIpc) is 2.45. The van der Waals surface area contributed by atoms with Crippen LogP contribution < -0.4 is 4.74 Å². The van der Waals surface area contributed by atoms with Gasteiger partial charge in [-0.15, -0.1) is 0 Å². The van der Waals surface area contributed by atoms with E-state index in [0.717, 1.165) is 0 Å². The topological polar surface area (TPSA) is 9.23 Å². The van der Waals surface area contributed by atoms with E-state index in [1.54, 1.807) is 0 Å². The molecule has 2 rings (SSSR count). The van der Waals surface area contributed by atoms with Crippen LogP contribution in [-0.2, 0) is 6.61 Å². The molecule has 0 heterocycles. The van der Waals surface area contributed by atoms with E-state index < -0.39 is 41.3 Å². The average molecular weight is 378 g/mol. The Morgan fingerprint density at radius 2 is 1.14 bits per heavy atom. The van der Waals surface area contributed by atoms with Crippen molar-refractivity contribution in [2.45, 2.75) is 6.61 Å². The number of rotatable bonds is 3. The monoisotopic (exact) mass is 376 g/mol. The van der Waals surface area contributed by atoms with Crippen molar-refractivity contribution in [3.05, 3.63) is 61.9 Å². The van der Waals surface area contributed by atoms with Gasteiger partial charge >= 0.3 is 0 Å². The Kier molecular flexibility index (Phi) is 5.04. The molecule has 0 aliphatic carbocycles. The molecular weight excluding hydrogens is 373 g/mol. The maximum Gasteiger partial charge on any atom is 0.200 e. The Bertz CT molecular complexity index is 699. The minimum absolute atomic E-state index is 0.0821. The number of halogens is 8. The highest BCUT2D eigenvalue weighted by Gasteiger charge is 2.26. The van der Waals surface area contributed by atoms with Crippen LogP contribution in [0.5, 0.6) is 5.75 Å². The zero-order valence-corrected chi connectivity index (χ0v) is 12.6. The van der Waals surface area contributed by atoms with Gasteiger partial charge in [-0.1, -0.05) is 34.8 Å². The van der Waals surface area contributed by atoms with Crippen molar-refractivity contribution in [2.24, 2.45) is 0 Å². The molecule has 9 heteroatoms. The lowest BCUT2D eigenvalue weighted by atomic mass is 10.2. The number of hydrogen-bond acceptors (Lipinski definition) is 1. The molecule has 0 aliphatic rings. The molecule has 0 saturated heterocycles. The van der Waals surface area contributed by atoms with Crippen molar-refractivity contribution in [1.29, 1.82) is 0 Å². The van der Waals surface area contributed by atoms with Gasteiger partial charge in [-0.3, -0.25) is 0 Å². The van der Waals surface area contributed by atoms with Gasteiger partial charge < -0.3 is 4.74 Å². The van der Waals surface area contributed by atoms with E-state index in [-0.39, 0.29) is 20.8 Å². The predicted octanol–water partition coefficient (Wildman–Crippen LogP) is 5.92. The molecule has 1 nitrogen and oxygen atoms in total. The number of ether oxygens (including phenoxy) is 1. The maximum atomic E-state index is 13.5. The van der Waals surface area contributed by atoms with Gasteiger partial charge in [-0.25, -0.2) is 22.0 Å². The Morgan fingerprint density at radius 3 is 1.59 bits per heavy atom. The van der Waals surface area contributed by atoms with Crippen LogP contribution in [0.15, 0.2) is 12.1 Å². The second kappa shape index (κ2) is 6.48. The molecule has 0 saturated carbocycles. The lowest BCUT2D eigenvalue weighted by molar-refractivity contribution is 0.279. The minimum Gasteiger partial charge on any atom is -0.486 e. The molecule has 0 aliphatic heterocycles. The predicted molar refractivity (Wildman–Crippen MR) is 72.0 cm³/mol. The van der Waals surface area contributed by atoms with Crippen molar-refractivity contribution in [3.63, 3.8) is 0 Å². The van der Waals surface area contributed by atoms with Gasteiger partial charge in [0.1, 0.15) is 6.61 Å². The summed E-state index contributed by atoms with van der Waals surface area (Å²) in [4.78, 5) is 0. The van der Waals surface area contributed by atoms with E-state index in [1.165, 1.54) is 12.1 Å². The highest BCUT2D eigenvalue weighted by Crippen LogP contribution is 2.36. The first-order chi connectivity index (χ1) is 10.2. The number of hydrogen-bond donors (Lipinski definition) is 0. The Hall–Kier alpha value is -1.24. The summed E-state index contributed by atoms with van der Waals surface area (Å²) in [5, 5.41) is 0.0151. The summed E-state index contributed by atoms with van der Waals surface area (Å²) in [5.74, 6) is -10.6. The fraction of sp³-hybridized carbons (Fsp3) is 0.0769. The van der Waals surface area contributed by atoms with Crippen LogP contribution in [0.1, 0.15) is 5.56 Å². The summed E-state index contributed by atoms with van der Waals surface area (Å²) in [7, 11) is 0. The molecule has 22 heavy (non-hydrogen) atoms. The molecule has 2 aromatic carbocycles. The molecule has 0 atom stereocenters. The van der Waals surface area contributed by atoms with Gasteiger partial charge in [-0.05, 0) is 12.1 Å². The third kappa shape index (κ3) is 3.09. The van der Waals surface area contributed by atoms with Crippen LogP contribution in [0.4, 0.5) is 22.0 Å². The zero-order chi connectivity index (χ0) is 16.6. The third-order valence-electron chi connectivity index (χ3n) is 2.62. The summed E-state index contributed by atoms with van der Waals surface area (Å²) in [6, 6.07) is 2.48. The highest BCUT2D eigenvalue weighted by molar-refractivity contribution is 6.40. The van der Waals surface area contributed by atoms with Crippen molar-refractivity contribution in [2.75, 3.05) is 0 Å². The van der Waals surface area contributed by atoms with Crippen molar-refractivity contribution < 1.29 is 26.7 Å². The second-order valence-electron chi connectivity index (χ2n) is 4.04. The molecule has 0 spiro atoms. The summed E-state index contributed by atoms with van der Waals surface area (Å²) in [6.07, 6.45) is 0. The smallest absolute Gasteiger partial charge is 0.200 e. The van der Waals surface area contributed by atoms with E-state index in [1.807, 2.05) is 0 Å². The first kappa shape index (κ1) is 17.1. The van der Waals surface area contributed by atoms with E-state index in [4.69, 9.17) is 39.5 Å². The van der Waals surface area contributed by atoms with E-state index in [9.17, 15) is 22.0 Å². The molecule has 0 bridgehead atoms. The van der Waals surface area contributed by atoms with Gasteiger partial charge in [-0.2, -0.15) is 0 Å². The molecule has 2 aromatic rings. The van der Waals surface area contributed by atoms with E-state index >= 15 is 0 Å². The molecule has 0 amide bonds. The van der Waals surface area contributed by atoms with Gasteiger partial charge in [0, 0.05) is 5.02 Å². The zero-order valence-electron chi connectivity index (χ0n) is 10.3. The standard InChI is InChI=1S/C13H4Cl3F5O/c14-4-1-6(15)13(7(16)2-4)22-3-5-8(17)10(19)12(21)11(20)9(5)18/h1-2H,3H2. The van der Waals surface area contributed by atoms with Gasteiger partial charge in [0.05, 0.1) is 15.6 Å². The SMILES string of the molecule is Fc1c(F)c(F)c(COc2c(Cl)cc(Cl)cc2Cl)c(F)c1F. The molecule has 0 fully saturated rings. The largest absolute Gasteiger partial charge is 0.486 e. The van der Waals surface area contributed by atoms with Crippen LogP contribution in [-0.4, -0.2) is 0 Å². The molecule has 118 valence electrons. The lowest BCUT2D eigenvalue weighted by Crippen LogP contribution is -2.10. The fourth-order valence-corrected chi connectivity index (χ4v) is 2.51. The highest BCUT2D eigenvalue weighted by atomic mass is 35.5. The summed E-state index contributed by atoms with van der Waals surface area (Å²) in [6.45, 7) is -0.965. The Balaban J connectivity index is 2.38. The van der Waals surface area contributed by atoms with Crippen LogP contribution in [0, 0.1) is 29.1 Å². The lowest BCUT2D eigenvalue weighted by Gasteiger charge is -2.12. The molecule has 0 radical (unpaired) electrons. The van der Waals surface area contributed by atoms with Crippen molar-refractivity contribution in [1.82, 2.24) is 0 Å². The first-order valence-corrected chi connectivity index (χ1v) is 6.65. The summed E-state index contributed by atoms with van der Waals surface area (Å²) >= 11 is 17.2. The van der Waals surface area contributed by atoms with Crippen molar-refractivity contribution in [3.8, 4) is 5.75 Å². The molecule has 0 aromatic heterocycles. The summed E-state index contributed by atoms with van der Waals surface area (Å²) in [5.41, 5.74) is -1.14. The van der Waals surface area contributed by atoms with Crippen LogP contribution in [0.2, 0.25) is 15.1 Å². The third-order valence-corrected chi connectivity index (χ3v) is 3.40. The second-order valence-corrected chi connectivity index (χ2v) is 5.29. The number of benzene rings is 2. The van der Waals surface area contributed by atoms with Gasteiger partial charge in [0.2, 0.25) is 5.82 Å². The molecular formula is C13H4Cl3F5O. The Morgan fingerprint density at radius 1 is 0.727 bits per heavy atom. The molecule has 0 N–H and O–H groups in total. The van der Waals surface area contributed by atoms with Gasteiger partial charge in [0.25, 0.3) is 0 Å². The maximum absolute atomic E-state index is 13.5. The Labute approximate surface area is 136 Å². The van der Waals surface area contributed by atoms with Crippen LogP contribution >= 0.6 is 34.8 Å². The molecule has 0 unspecified atom stereocenters. The van der Waals surface area contributed by atoms with Crippen LogP contribution in [0.3, 0.4) is 0 Å².